The monoisotopic (exact) mass is 492 g/mol. The Morgan fingerprint density at radius 2 is 1.91 bits per heavy atom. The summed E-state index contributed by atoms with van der Waals surface area (Å²) in [5.74, 6) is -0.105. The van der Waals surface area contributed by atoms with Crippen molar-refractivity contribution in [2.45, 2.75) is 30.2 Å². The molecule has 0 spiro atoms. The molecule has 1 saturated carbocycles. The summed E-state index contributed by atoms with van der Waals surface area (Å²) < 4.78 is 28.1. The third-order valence-electron chi connectivity index (χ3n) is 5.32. The van der Waals surface area contributed by atoms with Crippen LogP contribution >= 0.6 is 23.2 Å². The normalized spacial score (nSPS) is 14.0. The molecule has 7 nitrogen and oxygen atoms in total. The molecule has 4 rings (SSSR count). The lowest BCUT2D eigenvalue weighted by atomic mass is 10.1. The molecule has 1 aliphatic carbocycles. The van der Waals surface area contributed by atoms with E-state index in [1.165, 1.54) is 26.4 Å². The van der Waals surface area contributed by atoms with Crippen LogP contribution < -0.4 is 5.32 Å². The van der Waals surface area contributed by atoms with E-state index in [1.807, 2.05) is 0 Å². The van der Waals surface area contributed by atoms with Gasteiger partial charge in [-0.25, -0.2) is 17.4 Å². The van der Waals surface area contributed by atoms with Gasteiger partial charge in [0.2, 0.25) is 10.0 Å². The minimum Gasteiger partial charge on any atom is -0.348 e. The summed E-state index contributed by atoms with van der Waals surface area (Å²) >= 11 is 12.4. The molecule has 1 heterocycles. The molecule has 1 amide bonds. The number of aromatic nitrogens is 2. The number of carbonyl (C=O) groups is 1. The van der Waals surface area contributed by atoms with Crippen molar-refractivity contribution < 1.29 is 13.2 Å². The number of nitrogens with zero attached hydrogens (tertiary/aromatic N) is 3. The van der Waals surface area contributed by atoms with Crippen molar-refractivity contribution in [3.63, 3.8) is 0 Å². The van der Waals surface area contributed by atoms with E-state index in [2.05, 4.69) is 10.4 Å². The van der Waals surface area contributed by atoms with Gasteiger partial charge in [0.15, 0.2) is 0 Å². The van der Waals surface area contributed by atoms with E-state index in [0.29, 0.717) is 26.9 Å². The van der Waals surface area contributed by atoms with Crippen molar-refractivity contribution in [2.75, 3.05) is 14.1 Å². The molecule has 0 atom stereocenters. The number of benzene rings is 2. The fourth-order valence-electron chi connectivity index (χ4n) is 3.50. The predicted molar refractivity (Wildman–Crippen MR) is 124 cm³/mol. The van der Waals surface area contributed by atoms with Crippen LogP contribution in [0.3, 0.4) is 0 Å². The van der Waals surface area contributed by atoms with E-state index in [0.717, 1.165) is 22.8 Å². The highest BCUT2D eigenvalue weighted by Crippen LogP contribution is 2.43. The summed E-state index contributed by atoms with van der Waals surface area (Å²) in [6.45, 7) is 0.0685. The van der Waals surface area contributed by atoms with Crippen molar-refractivity contribution in [2.24, 2.45) is 0 Å². The van der Waals surface area contributed by atoms with Gasteiger partial charge in [-0.3, -0.25) is 4.79 Å². The van der Waals surface area contributed by atoms with E-state index in [-0.39, 0.29) is 23.3 Å². The summed E-state index contributed by atoms with van der Waals surface area (Å²) in [5.41, 5.74) is 2.41. The number of nitrogens with one attached hydrogen (secondary N) is 1. The minimum atomic E-state index is -3.63. The van der Waals surface area contributed by atoms with E-state index in [9.17, 15) is 13.2 Å². The summed E-state index contributed by atoms with van der Waals surface area (Å²) in [7, 11) is -0.682. The average molecular weight is 493 g/mol. The SMILES string of the molecule is CN(C)S(=O)(=O)c1ccccc1CNC(=O)c1cnn(-c2ccc(Cl)cc2Cl)c1C1CC1. The third-order valence-corrected chi connectivity index (χ3v) is 7.78. The van der Waals surface area contributed by atoms with Gasteiger partial charge in [0.05, 0.1) is 33.1 Å². The smallest absolute Gasteiger partial charge is 0.255 e. The number of halogens is 2. The minimum absolute atomic E-state index is 0.0685. The number of carbonyl (C=O) groups excluding carboxylic acids is 1. The highest BCUT2D eigenvalue weighted by atomic mass is 35.5. The van der Waals surface area contributed by atoms with Gasteiger partial charge in [-0.1, -0.05) is 41.4 Å². The number of amides is 1. The molecule has 1 fully saturated rings. The molecular weight excluding hydrogens is 471 g/mol. The van der Waals surface area contributed by atoms with Crippen LogP contribution in [-0.4, -0.2) is 42.5 Å². The Morgan fingerprint density at radius 1 is 1.19 bits per heavy atom. The molecule has 168 valence electrons. The molecular formula is C22H22Cl2N4O3S. The van der Waals surface area contributed by atoms with Crippen LogP contribution in [0.2, 0.25) is 10.0 Å². The lowest BCUT2D eigenvalue weighted by Crippen LogP contribution is -2.27. The van der Waals surface area contributed by atoms with Crippen molar-refractivity contribution in [3.05, 3.63) is 75.5 Å². The first-order valence-corrected chi connectivity index (χ1v) is 12.2. The highest BCUT2D eigenvalue weighted by molar-refractivity contribution is 7.89. The lowest BCUT2D eigenvalue weighted by Gasteiger charge is -2.15. The molecule has 32 heavy (non-hydrogen) atoms. The standard InChI is InChI=1S/C22H22Cl2N4O3S/c1-27(2)32(30,31)20-6-4-3-5-15(20)12-25-22(29)17-13-26-28(21(17)14-7-8-14)19-10-9-16(23)11-18(19)24/h3-6,9-11,13-14H,7-8,12H2,1-2H3,(H,25,29). The maximum absolute atomic E-state index is 13.1. The van der Waals surface area contributed by atoms with E-state index in [4.69, 9.17) is 23.2 Å². The molecule has 3 aromatic rings. The van der Waals surface area contributed by atoms with Crippen molar-refractivity contribution in [3.8, 4) is 5.69 Å². The molecule has 1 N–H and O–H groups in total. The maximum Gasteiger partial charge on any atom is 0.255 e. The first-order valence-electron chi connectivity index (χ1n) is 10.0. The van der Waals surface area contributed by atoms with E-state index >= 15 is 0 Å². The van der Waals surface area contributed by atoms with Gasteiger partial charge in [0, 0.05) is 31.6 Å². The van der Waals surface area contributed by atoms with E-state index in [1.54, 1.807) is 41.1 Å². The number of hydrogen-bond donors (Lipinski definition) is 1. The zero-order chi connectivity index (χ0) is 23.0. The second-order valence-corrected chi connectivity index (χ2v) is 10.8. The van der Waals surface area contributed by atoms with Crippen LogP contribution in [0.15, 0.2) is 53.6 Å². The van der Waals surface area contributed by atoms with Gasteiger partial charge in [0.1, 0.15) is 0 Å². The summed E-state index contributed by atoms with van der Waals surface area (Å²) in [4.78, 5) is 13.2. The van der Waals surface area contributed by atoms with Crippen LogP contribution in [0.1, 0.15) is 40.4 Å². The molecule has 0 bridgehead atoms. The van der Waals surface area contributed by atoms with Crippen LogP contribution in [0, 0.1) is 0 Å². The van der Waals surface area contributed by atoms with Crippen LogP contribution in [0.4, 0.5) is 0 Å². The Kier molecular flexibility index (Phi) is 6.31. The lowest BCUT2D eigenvalue weighted by molar-refractivity contribution is 0.0949. The molecule has 2 aromatic carbocycles. The number of hydrogen-bond acceptors (Lipinski definition) is 4. The predicted octanol–water partition coefficient (Wildman–Crippen LogP) is 4.24. The van der Waals surface area contributed by atoms with Gasteiger partial charge in [0.25, 0.3) is 5.91 Å². The van der Waals surface area contributed by atoms with Crippen LogP contribution in [0.25, 0.3) is 5.69 Å². The molecule has 0 radical (unpaired) electrons. The van der Waals surface area contributed by atoms with Crippen molar-refractivity contribution in [1.29, 1.82) is 0 Å². The van der Waals surface area contributed by atoms with E-state index < -0.39 is 10.0 Å². The summed E-state index contributed by atoms with van der Waals surface area (Å²) in [6.07, 6.45) is 3.44. The fraction of sp³-hybridized carbons (Fsp3) is 0.273. The van der Waals surface area contributed by atoms with Gasteiger partial charge >= 0.3 is 0 Å². The Morgan fingerprint density at radius 3 is 2.56 bits per heavy atom. The number of sulfonamides is 1. The molecule has 0 aliphatic heterocycles. The second kappa shape index (κ2) is 8.86. The average Bonchev–Trinajstić information content (AvgIpc) is 3.50. The van der Waals surface area contributed by atoms with Gasteiger partial charge in [-0.05, 0) is 42.7 Å². The quantitative estimate of drug-likeness (QED) is 0.534. The first-order chi connectivity index (χ1) is 15.2. The molecule has 1 aliphatic rings. The molecule has 0 saturated heterocycles. The third kappa shape index (κ3) is 4.41. The highest BCUT2D eigenvalue weighted by Gasteiger charge is 2.33. The Bertz CT molecular complexity index is 1280. The van der Waals surface area contributed by atoms with Crippen molar-refractivity contribution in [1.82, 2.24) is 19.4 Å². The van der Waals surface area contributed by atoms with Crippen LogP contribution in [-0.2, 0) is 16.6 Å². The number of rotatable bonds is 7. The summed E-state index contributed by atoms with van der Waals surface area (Å²) in [5, 5.41) is 8.23. The van der Waals surface area contributed by atoms with Crippen LogP contribution in [0.5, 0.6) is 0 Å². The Labute approximate surface area is 197 Å². The van der Waals surface area contributed by atoms with Gasteiger partial charge in [-0.2, -0.15) is 5.10 Å². The summed E-state index contributed by atoms with van der Waals surface area (Å²) in [6, 6.07) is 11.8. The zero-order valence-electron chi connectivity index (χ0n) is 17.5. The molecule has 1 aromatic heterocycles. The maximum atomic E-state index is 13.1. The zero-order valence-corrected chi connectivity index (χ0v) is 19.9. The van der Waals surface area contributed by atoms with Crippen molar-refractivity contribution >= 4 is 39.1 Å². The van der Waals surface area contributed by atoms with Gasteiger partial charge in [-0.15, -0.1) is 0 Å². The fourth-order valence-corrected chi connectivity index (χ4v) is 5.10. The first kappa shape index (κ1) is 22.8. The Balaban J connectivity index is 1.62. The largest absolute Gasteiger partial charge is 0.348 e. The molecule has 10 heteroatoms. The topological polar surface area (TPSA) is 84.3 Å². The molecule has 0 unspecified atom stereocenters. The second-order valence-electron chi connectivity index (χ2n) is 7.80. The Hall–Kier alpha value is -2.39. The van der Waals surface area contributed by atoms with Gasteiger partial charge < -0.3 is 5.32 Å².